The molecule has 2 heterocycles. The summed E-state index contributed by atoms with van der Waals surface area (Å²) in [5, 5.41) is 7.84. The molecule has 0 radical (unpaired) electrons. The SMILES string of the molecule is CCNC(=NCc1sc(C)nc1C)NCCN1CCN(c2ccc(F)cc2)CC1.I. The normalized spacial score (nSPS) is 15.1. The second-order valence-corrected chi connectivity index (χ2v) is 8.46. The molecule has 0 spiro atoms. The summed E-state index contributed by atoms with van der Waals surface area (Å²) in [7, 11) is 0. The van der Waals surface area contributed by atoms with Crippen molar-refractivity contribution in [2.75, 3.05) is 50.7 Å². The summed E-state index contributed by atoms with van der Waals surface area (Å²) >= 11 is 1.71. The maximum atomic E-state index is 13.1. The van der Waals surface area contributed by atoms with Gasteiger partial charge in [0, 0.05) is 56.4 Å². The van der Waals surface area contributed by atoms with Crippen LogP contribution in [0.3, 0.4) is 0 Å². The molecular weight excluding hydrogens is 514 g/mol. The van der Waals surface area contributed by atoms with Gasteiger partial charge in [-0.3, -0.25) is 4.90 Å². The van der Waals surface area contributed by atoms with Crippen LogP contribution < -0.4 is 15.5 Å². The molecule has 30 heavy (non-hydrogen) atoms. The molecule has 6 nitrogen and oxygen atoms in total. The first-order valence-corrected chi connectivity index (χ1v) is 11.0. The number of aryl methyl sites for hydroxylation is 2. The Hall–Kier alpha value is -1.46. The van der Waals surface area contributed by atoms with Crippen molar-refractivity contribution in [2.24, 2.45) is 4.99 Å². The van der Waals surface area contributed by atoms with E-state index in [1.807, 2.05) is 26.0 Å². The van der Waals surface area contributed by atoms with Crippen LogP contribution in [0.4, 0.5) is 10.1 Å². The average molecular weight is 546 g/mol. The minimum Gasteiger partial charge on any atom is -0.369 e. The van der Waals surface area contributed by atoms with Gasteiger partial charge in [0.2, 0.25) is 0 Å². The van der Waals surface area contributed by atoms with Gasteiger partial charge in [0.05, 0.1) is 17.2 Å². The fourth-order valence-corrected chi connectivity index (χ4v) is 4.29. The highest BCUT2D eigenvalue weighted by Gasteiger charge is 2.17. The first-order valence-electron chi connectivity index (χ1n) is 10.2. The number of aliphatic imine (C=N–C) groups is 1. The molecule has 1 saturated heterocycles. The van der Waals surface area contributed by atoms with Gasteiger partial charge in [-0.2, -0.15) is 0 Å². The van der Waals surface area contributed by atoms with Crippen molar-refractivity contribution in [2.45, 2.75) is 27.3 Å². The van der Waals surface area contributed by atoms with Gasteiger partial charge in [-0.25, -0.2) is 14.4 Å². The third kappa shape index (κ3) is 7.35. The van der Waals surface area contributed by atoms with E-state index in [-0.39, 0.29) is 29.8 Å². The van der Waals surface area contributed by atoms with Crippen LogP contribution >= 0.6 is 35.3 Å². The lowest BCUT2D eigenvalue weighted by atomic mass is 10.2. The Balaban J connectivity index is 0.00000320. The van der Waals surface area contributed by atoms with Gasteiger partial charge in [-0.15, -0.1) is 35.3 Å². The molecular formula is C21H32FIN6S. The number of aromatic nitrogens is 1. The van der Waals surface area contributed by atoms with Crippen molar-refractivity contribution in [3.05, 3.63) is 45.7 Å². The maximum Gasteiger partial charge on any atom is 0.191 e. The summed E-state index contributed by atoms with van der Waals surface area (Å²) in [6.45, 7) is 13.4. The first-order chi connectivity index (χ1) is 14.0. The minimum absolute atomic E-state index is 0. The Morgan fingerprint density at radius 3 is 2.43 bits per heavy atom. The third-order valence-corrected chi connectivity index (χ3v) is 6.07. The number of nitrogens with one attached hydrogen (secondary N) is 2. The molecule has 0 unspecified atom stereocenters. The minimum atomic E-state index is -0.183. The number of thiazole rings is 1. The van der Waals surface area contributed by atoms with Gasteiger partial charge in [0.25, 0.3) is 0 Å². The van der Waals surface area contributed by atoms with E-state index in [0.29, 0.717) is 6.54 Å². The Labute approximate surface area is 200 Å². The number of halogens is 2. The predicted octanol–water partition coefficient (Wildman–Crippen LogP) is 3.39. The molecule has 1 aliphatic heterocycles. The second kappa shape index (κ2) is 12.4. The fraction of sp³-hybridized carbons (Fsp3) is 0.524. The standard InChI is InChI=1S/C21H31FN6S.HI/c1-4-23-21(25-15-20-16(2)26-17(3)29-20)24-9-10-27-11-13-28(14-12-27)19-7-5-18(22)6-8-19;/h5-8H,4,9-15H2,1-3H3,(H2,23,24,25);1H. The van der Waals surface area contributed by atoms with E-state index in [9.17, 15) is 4.39 Å². The van der Waals surface area contributed by atoms with E-state index in [1.165, 1.54) is 17.0 Å². The number of rotatable bonds is 7. The van der Waals surface area contributed by atoms with Crippen LogP contribution in [0.1, 0.15) is 22.5 Å². The molecule has 9 heteroatoms. The van der Waals surface area contributed by atoms with Gasteiger partial charge in [-0.05, 0) is 45.0 Å². The Morgan fingerprint density at radius 2 is 1.83 bits per heavy atom. The summed E-state index contributed by atoms with van der Waals surface area (Å²) < 4.78 is 13.1. The van der Waals surface area contributed by atoms with Crippen LogP contribution in [0.15, 0.2) is 29.3 Å². The number of piperazine rings is 1. The topological polar surface area (TPSA) is 55.8 Å². The smallest absolute Gasteiger partial charge is 0.191 e. The molecule has 1 aromatic heterocycles. The summed E-state index contributed by atoms with van der Waals surface area (Å²) in [6, 6.07) is 6.78. The van der Waals surface area contributed by atoms with E-state index < -0.39 is 0 Å². The molecule has 0 saturated carbocycles. The van der Waals surface area contributed by atoms with Crippen molar-refractivity contribution in [1.29, 1.82) is 0 Å². The summed E-state index contributed by atoms with van der Waals surface area (Å²) in [4.78, 5) is 15.2. The molecule has 166 valence electrons. The molecule has 0 amide bonds. The first kappa shape index (κ1) is 24.8. The van der Waals surface area contributed by atoms with E-state index in [2.05, 4.69) is 32.3 Å². The van der Waals surface area contributed by atoms with Gasteiger partial charge in [0.15, 0.2) is 5.96 Å². The van der Waals surface area contributed by atoms with E-state index in [1.54, 1.807) is 11.3 Å². The quantitative estimate of drug-likeness (QED) is 0.317. The largest absolute Gasteiger partial charge is 0.369 e. The number of nitrogens with zero attached hydrogens (tertiary/aromatic N) is 4. The highest BCUT2D eigenvalue weighted by atomic mass is 127. The van der Waals surface area contributed by atoms with Crippen LogP contribution in [0.25, 0.3) is 0 Å². The van der Waals surface area contributed by atoms with Crippen molar-refractivity contribution >= 4 is 47.0 Å². The lowest BCUT2D eigenvalue weighted by Crippen LogP contribution is -2.49. The van der Waals surface area contributed by atoms with Gasteiger partial charge in [-0.1, -0.05) is 0 Å². The summed E-state index contributed by atoms with van der Waals surface area (Å²) in [5.74, 6) is 0.667. The van der Waals surface area contributed by atoms with Crippen LogP contribution in [-0.2, 0) is 6.54 Å². The van der Waals surface area contributed by atoms with Crippen molar-refractivity contribution in [3.8, 4) is 0 Å². The Bertz CT molecular complexity index is 802. The molecule has 0 aliphatic carbocycles. The van der Waals surface area contributed by atoms with E-state index in [4.69, 9.17) is 4.99 Å². The lowest BCUT2D eigenvalue weighted by Gasteiger charge is -2.36. The molecule has 1 aromatic carbocycles. The number of anilines is 1. The monoisotopic (exact) mass is 546 g/mol. The van der Waals surface area contributed by atoms with E-state index >= 15 is 0 Å². The zero-order valence-corrected chi connectivity index (χ0v) is 21.1. The van der Waals surface area contributed by atoms with Crippen molar-refractivity contribution in [1.82, 2.24) is 20.5 Å². The zero-order valence-electron chi connectivity index (χ0n) is 17.9. The number of hydrogen-bond acceptors (Lipinski definition) is 5. The summed E-state index contributed by atoms with van der Waals surface area (Å²) in [6.07, 6.45) is 0. The predicted molar refractivity (Wildman–Crippen MR) is 135 cm³/mol. The molecule has 1 aliphatic rings. The van der Waals surface area contributed by atoms with Crippen molar-refractivity contribution in [3.63, 3.8) is 0 Å². The van der Waals surface area contributed by atoms with Crippen LogP contribution in [0.2, 0.25) is 0 Å². The highest BCUT2D eigenvalue weighted by Crippen LogP contribution is 2.18. The number of guanidine groups is 1. The fourth-order valence-electron chi connectivity index (χ4n) is 3.43. The van der Waals surface area contributed by atoms with Gasteiger partial charge in [0.1, 0.15) is 5.82 Å². The Kier molecular flexibility index (Phi) is 10.3. The average Bonchev–Trinajstić information content (AvgIpc) is 3.04. The number of benzene rings is 1. The second-order valence-electron chi connectivity index (χ2n) is 7.17. The maximum absolute atomic E-state index is 13.1. The summed E-state index contributed by atoms with van der Waals surface area (Å²) in [5.41, 5.74) is 2.17. The van der Waals surface area contributed by atoms with Crippen LogP contribution in [0, 0.1) is 19.7 Å². The molecule has 0 atom stereocenters. The number of hydrogen-bond donors (Lipinski definition) is 2. The molecule has 1 fully saturated rings. The van der Waals surface area contributed by atoms with Gasteiger partial charge < -0.3 is 15.5 Å². The van der Waals surface area contributed by atoms with Crippen LogP contribution in [0.5, 0.6) is 0 Å². The molecule has 2 aromatic rings. The molecule has 2 N–H and O–H groups in total. The van der Waals surface area contributed by atoms with Gasteiger partial charge >= 0.3 is 0 Å². The zero-order chi connectivity index (χ0) is 20.6. The molecule has 0 bridgehead atoms. The Morgan fingerprint density at radius 1 is 1.13 bits per heavy atom. The van der Waals surface area contributed by atoms with Crippen LogP contribution in [-0.4, -0.2) is 61.7 Å². The molecule has 3 rings (SSSR count). The third-order valence-electron chi connectivity index (χ3n) is 5.01. The lowest BCUT2D eigenvalue weighted by molar-refractivity contribution is 0.261. The van der Waals surface area contributed by atoms with E-state index in [0.717, 1.165) is 68.2 Å². The van der Waals surface area contributed by atoms with Crippen molar-refractivity contribution < 1.29 is 4.39 Å². The highest BCUT2D eigenvalue weighted by molar-refractivity contribution is 14.0.